The van der Waals surface area contributed by atoms with Crippen LogP contribution in [0.2, 0.25) is 5.02 Å². The van der Waals surface area contributed by atoms with E-state index in [1.54, 1.807) is 25.4 Å². The number of hydrogen-bond donors (Lipinski definition) is 0. The predicted octanol–water partition coefficient (Wildman–Crippen LogP) is 5.13. The Labute approximate surface area is 232 Å². The number of amides is 1. The van der Waals surface area contributed by atoms with Crippen LogP contribution in [0.15, 0.2) is 52.5 Å². The third-order valence-electron chi connectivity index (χ3n) is 7.45. The number of halogens is 4. The van der Waals surface area contributed by atoms with E-state index < -0.39 is 11.7 Å². The number of aliphatic imine (C=N–C) groups is 1. The number of nitrogens with zero attached hydrogens (tertiary/aromatic N) is 5. The topological polar surface area (TPSA) is 63.0 Å². The molecule has 3 aliphatic heterocycles. The molecule has 2 aromatic carbocycles. The standard InChI is InChI=1S/C27H25ClF3N5O2S/c1-38-7-6-34-14-21-11-20(34)15-35(21)26-33-25(37)24(39-26)9-16-2-5-23-18(8-16)12-32-36(23)13-17-3-4-19(28)10-22(17)27(29,30)31/h2-5,8-10,12,20-21H,6-7,11,13-15H2,1H3/t20-,21-/m0/s1. The summed E-state index contributed by atoms with van der Waals surface area (Å²) >= 11 is 7.20. The number of thioether (sulfide) groups is 1. The van der Waals surface area contributed by atoms with Gasteiger partial charge in [0, 0.05) is 49.2 Å². The second-order valence-corrected chi connectivity index (χ2v) is 11.4. The number of hydrogen-bond acceptors (Lipinski definition) is 6. The smallest absolute Gasteiger partial charge is 0.383 e. The highest BCUT2D eigenvalue weighted by atomic mass is 35.5. The number of methoxy groups -OCH3 is 1. The number of alkyl halides is 3. The van der Waals surface area contributed by atoms with Crippen molar-refractivity contribution >= 4 is 51.4 Å². The molecule has 3 aromatic rings. The number of fused-ring (bicyclic) bond motifs is 3. The monoisotopic (exact) mass is 575 g/mol. The first-order valence-corrected chi connectivity index (χ1v) is 13.7. The number of aromatic nitrogens is 2. The number of amidine groups is 1. The minimum absolute atomic E-state index is 0.0295. The average Bonchev–Trinajstić information content (AvgIpc) is 3.67. The molecule has 12 heteroatoms. The lowest BCUT2D eigenvalue weighted by Crippen LogP contribution is -2.48. The van der Waals surface area contributed by atoms with Crippen LogP contribution in [0, 0.1) is 0 Å². The molecule has 2 saturated heterocycles. The van der Waals surface area contributed by atoms with Crippen LogP contribution in [-0.4, -0.2) is 76.1 Å². The second-order valence-electron chi connectivity index (χ2n) is 9.91. The first-order valence-electron chi connectivity index (χ1n) is 12.5. The van der Waals surface area contributed by atoms with Gasteiger partial charge in [0.2, 0.25) is 0 Å². The number of ether oxygens (including phenoxy) is 1. The highest BCUT2D eigenvalue weighted by Crippen LogP contribution is 2.38. The molecule has 4 heterocycles. The fourth-order valence-corrected chi connectivity index (χ4v) is 6.74. The Balaban J connectivity index is 1.16. The molecule has 1 amide bonds. The Morgan fingerprint density at radius 2 is 2.03 bits per heavy atom. The van der Waals surface area contributed by atoms with Crippen LogP contribution in [-0.2, 0) is 22.3 Å². The quantitative estimate of drug-likeness (QED) is 0.380. The molecule has 2 fully saturated rings. The van der Waals surface area contributed by atoms with E-state index in [4.69, 9.17) is 16.3 Å². The number of likely N-dealkylation sites (tertiary alicyclic amines) is 2. The molecule has 0 radical (unpaired) electrons. The van der Waals surface area contributed by atoms with Gasteiger partial charge in [0.25, 0.3) is 5.91 Å². The lowest BCUT2D eigenvalue weighted by molar-refractivity contribution is -0.138. The van der Waals surface area contributed by atoms with Crippen molar-refractivity contribution < 1.29 is 22.7 Å². The van der Waals surface area contributed by atoms with Crippen molar-refractivity contribution in [1.29, 1.82) is 0 Å². The van der Waals surface area contributed by atoms with Crippen molar-refractivity contribution in [3.05, 3.63) is 69.2 Å². The van der Waals surface area contributed by atoms with Gasteiger partial charge in [0.15, 0.2) is 5.17 Å². The molecule has 2 atom stereocenters. The molecular weight excluding hydrogens is 551 g/mol. The predicted molar refractivity (Wildman–Crippen MR) is 146 cm³/mol. The van der Waals surface area contributed by atoms with Crippen molar-refractivity contribution in [3.63, 3.8) is 0 Å². The number of carbonyl (C=O) groups excluding carboxylic acids is 1. The molecule has 0 aliphatic carbocycles. The zero-order valence-corrected chi connectivity index (χ0v) is 22.6. The molecule has 2 bridgehead atoms. The summed E-state index contributed by atoms with van der Waals surface area (Å²) in [5.41, 5.74) is 0.791. The Bertz CT molecular complexity index is 1500. The largest absolute Gasteiger partial charge is 0.416 e. The summed E-state index contributed by atoms with van der Waals surface area (Å²) in [6.45, 7) is 3.38. The van der Waals surface area contributed by atoms with Crippen LogP contribution in [0.5, 0.6) is 0 Å². The maximum Gasteiger partial charge on any atom is 0.416 e. The van der Waals surface area contributed by atoms with Gasteiger partial charge in [0.05, 0.1) is 35.3 Å². The summed E-state index contributed by atoms with van der Waals surface area (Å²) in [6, 6.07) is 10.1. The van der Waals surface area contributed by atoms with Crippen LogP contribution >= 0.6 is 23.4 Å². The van der Waals surface area contributed by atoms with E-state index in [9.17, 15) is 18.0 Å². The van der Waals surface area contributed by atoms with Gasteiger partial charge in [0.1, 0.15) is 0 Å². The van der Waals surface area contributed by atoms with Crippen molar-refractivity contribution in [3.8, 4) is 0 Å². The molecule has 7 nitrogen and oxygen atoms in total. The second kappa shape index (κ2) is 10.3. The van der Waals surface area contributed by atoms with Crippen LogP contribution in [0.3, 0.4) is 0 Å². The van der Waals surface area contributed by atoms with Crippen LogP contribution in [0.25, 0.3) is 17.0 Å². The summed E-state index contributed by atoms with van der Waals surface area (Å²) in [4.78, 5) is 22.3. The zero-order valence-electron chi connectivity index (χ0n) is 21.0. The third-order valence-corrected chi connectivity index (χ3v) is 8.71. The van der Waals surface area contributed by atoms with Gasteiger partial charge in [-0.3, -0.25) is 14.4 Å². The summed E-state index contributed by atoms with van der Waals surface area (Å²) in [7, 11) is 1.71. The molecule has 0 N–H and O–H groups in total. The summed E-state index contributed by atoms with van der Waals surface area (Å²) in [6.07, 6.45) is -0.0343. The Hall–Kier alpha value is -2.86. The number of carbonyl (C=O) groups is 1. The van der Waals surface area contributed by atoms with E-state index in [0.717, 1.165) is 48.2 Å². The van der Waals surface area contributed by atoms with Gasteiger partial charge in [-0.2, -0.15) is 23.3 Å². The van der Waals surface area contributed by atoms with E-state index in [0.29, 0.717) is 29.1 Å². The first-order chi connectivity index (χ1) is 18.7. The van der Waals surface area contributed by atoms with Gasteiger partial charge >= 0.3 is 6.18 Å². The van der Waals surface area contributed by atoms with Crippen molar-refractivity contribution in [2.24, 2.45) is 4.99 Å². The Kier molecular flexibility index (Phi) is 6.95. The van der Waals surface area contributed by atoms with Gasteiger partial charge < -0.3 is 9.64 Å². The van der Waals surface area contributed by atoms with Gasteiger partial charge in [-0.1, -0.05) is 23.7 Å². The van der Waals surface area contributed by atoms with Gasteiger partial charge in [-0.25, -0.2) is 0 Å². The molecular formula is C27H25ClF3N5O2S. The van der Waals surface area contributed by atoms with Crippen LogP contribution in [0.4, 0.5) is 13.2 Å². The van der Waals surface area contributed by atoms with Crippen LogP contribution in [0.1, 0.15) is 23.1 Å². The average molecular weight is 576 g/mol. The van der Waals surface area contributed by atoms with Crippen LogP contribution < -0.4 is 0 Å². The van der Waals surface area contributed by atoms with E-state index >= 15 is 0 Å². The highest BCUT2D eigenvalue weighted by molar-refractivity contribution is 8.18. The SMILES string of the molecule is COCCN1C[C@@H]2C[C@H]1CN2C1=NC(=O)C(=Cc2ccc3c(cnn3Cc3ccc(Cl)cc3C(F)(F)F)c2)S1. The fourth-order valence-electron chi connectivity index (χ4n) is 5.57. The van der Waals surface area contributed by atoms with Crippen molar-refractivity contribution in [2.45, 2.75) is 31.2 Å². The fraction of sp³-hybridized carbons (Fsp3) is 0.370. The molecule has 204 valence electrons. The number of piperazine rings is 1. The molecule has 3 aliphatic rings. The summed E-state index contributed by atoms with van der Waals surface area (Å²) < 4.78 is 47.4. The molecule has 0 saturated carbocycles. The maximum absolute atomic E-state index is 13.5. The maximum atomic E-state index is 13.5. The first kappa shape index (κ1) is 26.4. The molecule has 1 aromatic heterocycles. The highest BCUT2D eigenvalue weighted by Gasteiger charge is 2.45. The third kappa shape index (κ3) is 5.20. The lowest BCUT2D eigenvalue weighted by atomic mass is 10.1. The lowest BCUT2D eigenvalue weighted by Gasteiger charge is -2.34. The minimum atomic E-state index is -4.52. The minimum Gasteiger partial charge on any atom is -0.383 e. The normalized spacial score (nSPS) is 22.6. The molecule has 39 heavy (non-hydrogen) atoms. The Morgan fingerprint density at radius 1 is 1.18 bits per heavy atom. The van der Waals surface area contributed by atoms with Crippen molar-refractivity contribution in [2.75, 3.05) is 33.4 Å². The zero-order chi connectivity index (χ0) is 27.3. The van der Waals surface area contributed by atoms with E-state index in [1.807, 2.05) is 12.1 Å². The van der Waals surface area contributed by atoms with Gasteiger partial charge in [-0.05, 0) is 59.7 Å². The number of benzene rings is 2. The van der Waals surface area contributed by atoms with E-state index in [2.05, 4.69) is 19.9 Å². The van der Waals surface area contributed by atoms with E-state index in [1.165, 1.54) is 28.6 Å². The van der Waals surface area contributed by atoms with E-state index in [-0.39, 0.29) is 23.0 Å². The molecule has 0 spiro atoms. The van der Waals surface area contributed by atoms with Gasteiger partial charge in [-0.15, -0.1) is 0 Å². The summed E-state index contributed by atoms with van der Waals surface area (Å²) in [5.74, 6) is -0.257. The Morgan fingerprint density at radius 3 is 2.77 bits per heavy atom. The molecule has 0 unspecified atom stereocenters. The molecule has 6 rings (SSSR count). The van der Waals surface area contributed by atoms with Crippen molar-refractivity contribution in [1.82, 2.24) is 19.6 Å². The summed E-state index contributed by atoms with van der Waals surface area (Å²) in [5, 5.41) is 5.86. The number of rotatable bonds is 6.